The Bertz CT molecular complexity index is 667. The summed E-state index contributed by atoms with van der Waals surface area (Å²) in [5.74, 6) is 0. The van der Waals surface area contributed by atoms with Crippen LogP contribution in [0.25, 0.3) is 10.9 Å². The largest absolute Gasteiger partial charge is 0.381 e. The molecule has 3 aromatic rings. The molecule has 0 atom stereocenters. The lowest BCUT2D eigenvalue weighted by Gasteiger charge is -2.08. The highest BCUT2D eigenvalue weighted by Gasteiger charge is 2.01. The third-order valence-corrected chi connectivity index (χ3v) is 3.19. The number of nitrogens with one attached hydrogen (secondary N) is 2. The molecule has 0 aliphatic carbocycles. The van der Waals surface area contributed by atoms with Gasteiger partial charge in [0.15, 0.2) is 0 Å². The van der Waals surface area contributed by atoms with Crippen molar-refractivity contribution in [2.45, 2.75) is 13.5 Å². The molecular formula is C16H16N2. The molecule has 90 valence electrons. The van der Waals surface area contributed by atoms with E-state index in [1.54, 1.807) is 0 Å². The van der Waals surface area contributed by atoms with E-state index in [9.17, 15) is 0 Å². The molecule has 2 nitrogen and oxygen atoms in total. The first-order valence-corrected chi connectivity index (χ1v) is 6.18. The molecule has 2 N–H and O–H groups in total. The second-order valence-corrected chi connectivity index (χ2v) is 4.58. The van der Waals surface area contributed by atoms with Crippen LogP contribution in [-0.4, -0.2) is 4.98 Å². The van der Waals surface area contributed by atoms with E-state index in [2.05, 4.69) is 65.8 Å². The van der Waals surface area contributed by atoms with Gasteiger partial charge < -0.3 is 10.3 Å². The zero-order valence-corrected chi connectivity index (χ0v) is 10.4. The lowest BCUT2D eigenvalue weighted by Crippen LogP contribution is -1.99. The van der Waals surface area contributed by atoms with Crippen LogP contribution < -0.4 is 5.32 Å². The molecule has 0 aliphatic heterocycles. The molecule has 1 aromatic heterocycles. The molecule has 0 saturated carbocycles. The quantitative estimate of drug-likeness (QED) is 0.704. The van der Waals surface area contributed by atoms with Crippen molar-refractivity contribution in [2.75, 3.05) is 5.32 Å². The van der Waals surface area contributed by atoms with Gasteiger partial charge in [-0.25, -0.2) is 0 Å². The molecule has 0 bridgehead atoms. The van der Waals surface area contributed by atoms with E-state index in [-0.39, 0.29) is 0 Å². The minimum Gasteiger partial charge on any atom is -0.381 e. The van der Waals surface area contributed by atoms with Crippen LogP contribution in [0.15, 0.2) is 54.7 Å². The van der Waals surface area contributed by atoms with E-state index in [1.165, 1.54) is 27.7 Å². The number of benzene rings is 2. The second kappa shape index (κ2) is 4.57. The molecule has 2 heteroatoms. The molecule has 2 aromatic carbocycles. The first-order chi connectivity index (χ1) is 8.83. The van der Waals surface area contributed by atoms with Crippen LogP contribution in [0.5, 0.6) is 0 Å². The zero-order chi connectivity index (χ0) is 12.4. The first kappa shape index (κ1) is 10.9. The van der Waals surface area contributed by atoms with E-state index >= 15 is 0 Å². The van der Waals surface area contributed by atoms with Gasteiger partial charge in [0.1, 0.15) is 0 Å². The van der Waals surface area contributed by atoms with Gasteiger partial charge in [-0.05, 0) is 42.3 Å². The Kier molecular flexibility index (Phi) is 2.77. The SMILES string of the molecule is Cc1cccc(NCc2cccc3[nH]ccc23)c1. The minimum absolute atomic E-state index is 0.846. The van der Waals surface area contributed by atoms with Crippen LogP contribution in [0, 0.1) is 6.92 Å². The smallest absolute Gasteiger partial charge is 0.0457 e. The topological polar surface area (TPSA) is 27.8 Å². The van der Waals surface area contributed by atoms with Crippen molar-refractivity contribution in [3.8, 4) is 0 Å². The second-order valence-electron chi connectivity index (χ2n) is 4.58. The Morgan fingerprint density at radius 2 is 1.94 bits per heavy atom. The molecule has 0 saturated heterocycles. The van der Waals surface area contributed by atoms with E-state index in [1.807, 2.05) is 6.20 Å². The lowest BCUT2D eigenvalue weighted by atomic mass is 10.1. The van der Waals surface area contributed by atoms with Gasteiger partial charge in [-0.1, -0.05) is 24.3 Å². The van der Waals surface area contributed by atoms with Crippen LogP contribution in [0.3, 0.4) is 0 Å². The molecule has 0 spiro atoms. The standard InChI is InChI=1S/C16H16N2/c1-12-4-2-6-14(10-12)18-11-13-5-3-7-16-15(13)8-9-17-16/h2-10,17-18H,11H2,1H3. The van der Waals surface area contributed by atoms with Crippen LogP contribution in [0.4, 0.5) is 5.69 Å². The maximum atomic E-state index is 3.47. The number of aryl methyl sites for hydroxylation is 1. The molecular weight excluding hydrogens is 220 g/mol. The average molecular weight is 236 g/mol. The summed E-state index contributed by atoms with van der Waals surface area (Å²) in [6.45, 7) is 2.96. The molecule has 0 fully saturated rings. The first-order valence-electron chi connectivity index (χ1n) is 6.18. The number of anilines is 1. The van der Waals surface area contributed by atoms with Crippen molar-refractivity contribution in [3.63, 3.8) is 0 Å². The molecule has 18 heavy (non-hydrogen) atoms. The van der Waals surface area contributed by atoms with Crippen LogP contribution >= 0.6 is 0 Å². The summed E-state index contributed by atoms with van der Waals surface area (Å²) < 4.78 is 0. The Labute approximate surface area is 107 Å². The highest BCUT2D eigenvalue weighted by molar-refractivity contribution is 5.83. The maximum absolute atomic E-state index is 3.47. The third-order valence-electron chi connectivity index (χ3n) is 3.19. The predicted molar refractivity (Wildman–Crippen MR) is 76.8 cm³/mol. The number of H-pyrrole nitrogens is 1. The number of hydrogen-bond donors (Lipinski definition) is 2. The Hall–Kier alpha value is -2.22. The minimum atomic E-state index is 0.846. The van der Waals surface area contributed by atoms with Gasteiger partial charge in [0.2, 0.25) is 0 Å². The van der Waals surface area contributed by atoms with E-state index < -0.39 is 0 Å². The van der Waals surface area contributed by atoms with Gasteiger partial charge in [-0.2, -0.15) is 0 Å². The molecule has 0 amide bonds. The summed E-state index contributed by atoms with van der Waals surface area (Å²) >= 11 is 0. The number of rotatable bonds is 3. The monoisotopic (exact) mass is 236 g/mol. The lowest BCUT2D eigenvalue weighted by molar-refractivity contribution is 1.17. The van der Waals surface area contributed by atoms with E-state index in [0.29, 0.717) is 0 Å². The summed E-state index contributed by atoms with van der Waals surface area (Å²) in [5.41, 5.74) is 4.95. The van der Waals surface area contributed by atoms with Gasteiger partial charge in [0.05, 0.1) is 0 Å². The zero-order valence-electron chi connectivity index (χ0n) is 10.4. The molecule has 0 unspecified atom stereocenters. The van der Waals surface area contributed by atoms with Gasteiger partial charge in [0.25, 0.3) is 0 Å². The summed E-state index contributed by atoms with van der Waals surface area (Å²) in [6, 6.07) is 16.9. The van der Waals surface area contributed by atoms with Crippen LogP contribution in [-0.2, 0) is 6.54 Å². The van der Waals surface area contributed by atoms with Gasteiger partial charge in [-0.3, -0.25) is 0 Å². The molecule has 0 aliphatic rings. The number of fused-ring (bicyclic) bond motifs is 1. The van der Waals surface area contributed by atoms with E-state index in [4.69, 9.17) is 0 Å². The summed E-state index contributed by atoms with van der Waals surface area (Å²) in [7, 11) is 0. The van der Waals surface area contributed by atoms with Crippen molar-refractivity contribution in [1.29, 1.82) is 0 Å². The van der Waals surface area contributed by atoms with Crippen molar-refractivity contribution < 1.29 is 0 Å². The predicted octanol–water partition coefficient (Wildman–Crippen LogP) is 4.09. The fourth-order valence-corrected chi connectivity index (χ4v) is 2.26. The average Bonchev–Trinajstić information content (AvgIpc) is 2.85. The van der Waals surface area contributed by atoms with Crippen LogP contribution in [0.1, 0.15) is 11.1 Å². The summed E-state index contributed by atoms with van der Waals surface area (Å²) in [6.07, 6.45) is 1.99. The van der Waals surface area contributed by atoms with Gasteiger partial charge in [0, 0.05) is 29.3 Å². The molecule has 0 radical (unpaired) electrons. The van der Waals surface area contributed by atoms with Crippen molar-refractivity contribution in [1.82, 2.24) is 4.98 Å². The molecule has 1 heterocycles. The van der Waals surface area contributed by atoms with Crippen molar-refractivity contribution in [2.24, 2.45) is 0 Å². The van der Waals surface area contributed by atoms with Gasteiger partial charge >= 0.3 is 0 Å². The van der Waals surface area contributed by atoms with E-state index in [0.717, 1.165) is 6.54 Å². The Morgan fingerprint density at radius 1 is 1.06 bits per heavy atom. The van der Waals surface area contributed by atoms with Crippen LogP contribution in [0.2, 0.25) is 0 Å². The third kappa shape index (κ3) is 2.09. The molecule has 3 rings (SSSR count). The normalized spacial score (nSPS) is 10.7. The van der Waals surface area contributed by atoms with Crippen molar-refractivity contribution in [3.05, 3.63) is 65.9 Å². The summed E-state index contributed by atoms with van der Waals surface area (Å²) in [4.78, 5) is 3.24. The Morgan fingerprint density at radius 3 is 2.83 bits per heavy atom. The fraction of sp³-hybridized carbons (Fsp3) is 0.125. The number of aromatic nitrogens is 1. The summed E-state index contributed by atoms with van der Waals surface area (Å²) in [5, 5.41) is 4.76. The number of hydrogen-bond acceptors (Lipinski definition) is 1. The Balaban J connectivity index is 1.83. The highest BCUT2D eigenvalue weighted by Crippen LogP contribution is 2.19. The maximum Gasteiger partial charge on any atom is 0.0457 e. The van der Waals surface area contributed by atoms with Gasteiger partial charge in [-0.15, -0.1) is 0 Å². The van der Waals surface area contributed by atoms with Crippen molar-refractivity contribution >= 4 is 16.6 Å². The fourth-order valence-electron chi connectivity index (χ4n) is 2.26. The highest BCUT2D eigenvalue weighted by atomic mass is 14.9. The number of aromatic amines is 1.